The van der Waals surface area contributed by atoms with Gasteiger partial charge in [0, 0.05) is 36.2 Å². The largest absolute Gasteiger partial charge is 0.339 e. The molecule has 1 atom stereocenters. The van der Waals surface area contributed by atoms with Crippen LogP contribution >= 0.6 is 0 Å². The van der Waals surface area contributed by atoms with E-state index in [4.69, 9.17) is 4.52 Å². The minimum Gasteiger partial charge on any atom is -0.339 e. The lowest BCUT2D eigenvalue weighted by Crippen LogP contribution is -2.38. The number of aryl methyl sites for hydroxylation is 2. The Balaban J connectivity index is 1.48. The Morgan fingerprint density at radius 1 is 1.21 bits per heavy atom. The smallest absolute Gasteiger partial charge is 0.246 e. The lowest BCUT2D eigenvalue weighted by atomic mass is 9.98. The van der Waals surface area contributed by atoms with Gasteiger partial charge in [0.1, 0.15) is 0 Å². The van der Waals surface area contributed by atoms with Gasteiger partial charge in [0.15, 0.2) is 5.82 Å². The van der Waals surface area contributed by atoms with Crippen molar-refractivity contribution in [2.24, 2.45) is 0 Å². The third-order valence-electron chi connectivity index (χ3n) is 5.52. The van der Waals surface area contributed by atoms with E-state index in [2.05, 4.69) is 46.8 Å². The van der Waals surface area contributed by atoms with E-state index < -0.39 is 0 Å². The van der Waals surface area contributed by atoms with Crippen LogP contribution in [0.5, 0.6) is 0 Å². The number of hydrogen-bond acceptors (Lipinski definition) is 4. The number of aromatic nitrogens is 3. The third kappa shape index (κ3) is 4.01. The molecule has 6 heteroatoms. The Kier molecular flexibility index (Phi) is 5.34. The normalized spacial score (nSPS) is 17.2. The van der Waals surface area contributed by atoms with Crippen molar-refractivity contribution in [3.8, 4) is 5.69 Å². The zero-order valence-electron chi connectivity index (χ0n) is 17.1. The molecular formula is C23H26N4O2. The van der Waals surface area contributed by atoms with Crippen LogP contribution in [0.4, 0.5) is 0 Å². The number of carbonyl (C=O) groups excluding carboxylic acids is 1. The molecule has 3 heterocycles. The summed E-state index contributed by atoms with van der Waals surface area (Å²) in [6.07, 6.45) is 5.50. The lowest BCUT2D eigenvalue weighted by molar-refractivity contribution is -0.127. The zero-order chi connectivity index (χ0) is 20.4. The highest BCUT2D eigenvalue weighted by Crippen LogP contribution is 2.26. The standard InChI is InChI=1S/C23H26N4O2/c1-16-14-19(17(2)27(16)21-9-5-4-6-10-21)11-12-22(28)26-13-7-8-20(15-26)23-24-18(3)25-29-23/h4-6,9-12,14,20H,7-8,13,15H2,1-3H3. The number of carbonyl (C=O) groups is 1. The van der Waals surface area contributed by atoms with Crippen LogP contribution in [0.25, 0.3) is 11.8 Å². The maximum absolute atomic E-state index is 12.8. The number of amides is 1. The van der Waals surface area contributed by atoms with E-state index in [1.54, 1.807) is 6.08 Å². The first-order valence-corrected chi connectivity index (χ1v) is 10.0. The van der Waals surface area contributed by atoms with Crippen molar-refractivity contribution in [2.75, 3.05) is 13.1 Å². The molecule has 150 valence electrons. The van der Waals surface area contributed by atoms with Gasteiger partial charge in [-0.3, -0.25) is 4.79 Å². The molecule has 0 N–H and O–H groups in total. The molecule has 0 saturated carbocycles. The van der Waals surface area contributed by atoms with Crippen molar-refractivity contribution in [1.29, 1.82) is 0 Å². The van der Waals surface area contributed by atoms with E-state index in [-0.39, 0.29) is 11.8 Å². The fourth-order valence-corrected chi connectivity index (χ4v) is 4.06. The fourth-order valence-electron chi connectivity index (χ4n) is 4.06. The Labute approximate surface area is 170 Å². The van der Waals surface area contributed by atoms with Crippen molar-refractivity contribution >= 4 is 12.0 Å². The van der Waals surface area contributed by atoms with E-state index in [0.29, 0.717) is 18.3 Å². The van der Waals surface area contributed by atoms with Crippen molar-refractivity contribution in [3.63, 3.8) is 0 Å². The van der Waals surface area contributed by atoms with Crippen LogP contribution in [0.15, 0.2) is 47.0 Å². The SMILES string of the molecule is Cc1noc(C2CCCN(C(=O)C=Cc3cc(C)n(-c4ccccc4)c3C)C2)n1. The van der Waals surface area contributed by atoms with E-state index in [1.165, 1.54) is 0 Å². The summed E-state index contributed by atoms with van der Waals surface area (Å²) in [6.45, 7) is 7.36. The van der Waals surface area contributed by atoms with E-state index >= 15 is 0 Å². The topological polar surface area (TPSA) is 64.2 Å². The van der Waals surface area contributed by atoms with Crippen molar-refractivity contribution in [2.45, 2.75) is 39.5 Å². The molecule has 1 aromatic carbocycles. The number of likely N-dealkylation sites (tertiary alicyclic amines) is 1. The maximum Gasteiger partial charge on any atom is 0.246 e. The third-order valence-corrected chi connectivity index (χ3v) is 5.52. The number of para-hydroxylation sites is 1. The van der Waals surface area contributed by atoms with Gasteiger partial charge in [0.05, 0.1) is 5.92 Å². The molecular weight excluding hydrogens is 364 g/mol. The van der Waals surface area contributed by atoms with Crippen LogP contribution in [0.2, 0.25) is 0 Å². The van der Waals surface area contributed by atoms with Crippen LogP contribution in [0.3, 0.4) is 0 Å². The van der Waals surface area contributed by atoms with Gasteiger partial charge in [-0.25, -0.2) is 0 Å². The molecule has 6 nitrogen and oxygen atoms in total. The maximum atomic E-state index is 12.8. The minimum atomic E-state index is 0.0236. The number of piperidine rings is 1. The van der Waals surface area contributed by atoms with E-state index in [1.807, 2.05) is 36.1 Å². The molecule has 1 saturated heterocycles. The summed E-state index contributed by atoms with van der Waals surface area (Å²) < 4.78 is 7.52. The van der Waals surface area contributed by atoms with Crippen LogP contribution in [-0.4, -0.2) is 38.6 Å². The first-order valence-electron chi connectivity index (χ1n) is 10.0. The van der Waals surface area contributed by atoms with Crippen molar-refractivity contribution in [1.82, 2.24) is 19.6 Å². The second-order valence-corrected chi connectivity index (χ2v) is 7.63. The molecule has 0 bridgehead atoms. The Morgan fingerprint density at radius 2 is 2.00 bits per heavy atom. The molecule has 1 unspecified atom stereocenters. The second-order valence-electron chi connectivity index (χ2n) is 7.63. The van der Waals surface area contributed by atoms with Gasteiger partial charge in [-0.05, 0) is 63.5 Å². The zero-order valence-corrected chi connectivity index (χ0v) is 17.1. The molecule has 4 rings (SSSR count). The Morgan fingerprint density at radius 3 is 2.72 bits per heavy atom. The number of nitrogens with zero attached hydrogens (tertiary/aromatic N) is 4. The molecule has 2 aromatic heterocycles. The molecule has 29 heavy (non-hydrogen) atoms. The van der Waals surface area contributed by atoms with Crippen molar-refractivity contribution < 1.29 is 9.32 Å². The van der Waals surface area contributed by atoms with Gasteiger partial charge >= 0.3 is 0 Å². The van der Waals surface area contributed by atoms with Gasteiger partial charge in [0.25, 0.3) is 0 Å². The highest BCUT2D eigenvalue weighted by molar-refractivity contribution is 5.92. The Bertz CT molecular complexity index is 1030. The second kappa shape index (κ2) is 8.07. The average molecular weight is 390 g/mol. The molecule has 1 aliphatic heterocycles. The summed E-state index contributed by atoms with van der Waals surface area (Å²) in [5.41, 5.74) is 4.45. The molecule has 0 aliphatic carbocycles. The first-order chi connectivity index (χ1) is 14.0. The minimum absolute atomic E-state index is 0.0236. The summed E-state index contributed by atoms with van der Waals surface area (Å²) in [5, 5.41) is 3.88. The molecule has 0 radical (unpaired) electrons. The predicted octanol–water partition coefficient (Wildman–Crippen LogP) is 4.20. The lowest BCUT2D eigenvalue weighted by Gasteiger charge is -2.30. The number of benzene rings is 1. The number of rotatable bonds is 4. The number of hydrogen-bond donors (Lipinski definition) is 0. The molecule has 1 aliphatic rings. The summed E-state index contributed by atoms with van der Waals surface area (Å²) in [5.74, 6) is 1.41. The van der Waals surface area contributed by atoms with Crippen LogP contribution in [0.1, 0.15) is 47.4 Å². The fraction of sp³-hybridized carbons (Fsp3) is 0.348. The Hall–Kier alpha value is -3.15. The van der Waals surface area contributed by atoms with Gasteiger partial charge in [0.2, 0.25) is 11.8 Å². The van der Waals surface area contributed by atoms with Gasteiger partial charge in [-0.15, -0.1) is 0 Å². The average Bonchev–Trinajstić information content (AvgIpc) is 3.29. The van der Waals surface area contributed by atoms with E-state index in [9.17, 15) is 4.79 Å². The highest BCUT2D eigenvalue weighted by atomic mass is 16.5. The molecule has 3 aromatic rings. The van der Waals surface area contributed by atoms with Crippen LogP contribution < -0.4 is 0 Å². The summed E-state index contributed by atoms with van der Waals surface area (Å²) in [4.78, 5) is 19.0. The van der Waals surface area contributed by atoms with Crippen molar-refractivity contribution in [3.05, 3.63) is 71.1 Å². The van der Waals surface area contributed by atoms with Gasteiger partial charge < -0.3 is 14.0 Å². The van der Waals surface area contributed by atoms with E-state index in [0.717, 1.165) is 42.0 Å². The molecule has 0 spiro atoms. The molecule has 1 amide bonds. The predicted molar refractivity (Wildman–Crippen MR) is 112 cm³/mol. The highest BCUT2D eigenvalue weighted by Gasteiger charge is 2.27. The monoisotopic (exact) mass is 390 g/mol. The molecule has 1 fully saturated rings. The van der Waals surface area contributed by atoms with Crippen LogP contribution in [0, 0.1) is 20.8 Å². The quantitative estimate of drug-likeness (QED) is 0.626. The first kappa shape index (κ1) is 19.2. The summed E-state index contributed by atoms with van der Waals surface area (Å²) in [7, 11) is 0. The van der Waals surface area contributed by atoms with Gasteiger partial charge in [-0.2, -0.15) is 4.98 Å². The summed E-state index contributed by atoms with van der Waals surface area (Å²) in [6, 6.07) is 12.4. The van der Waals surface area contributed by atoms with Gasteiger partial charge in [-0.1, -0.05) is 23.4 Å². The summed E-state index contributed by atoms with van der Waals surface area (Å²) >= 11 is 0. The van der Waals surface area contributed by atoms with Crippen LogP contribution in [-0.2, 0) is 4.79 Å².